The third kappa shape index (κ3) is 6.37. The number of anilines is 3. The lowest BCUT2D eigenvalue weighted by molar-refractivity contribution is -0.137. The van der Waals surface area contributed by atoms with Crippen molar-refractivity contribution in [2.24, 2.45) is 0 Å². The van der Waals surface area contributed by atoms with Crippen LogP contribution >= 0.6 is 0 Å². The van der Waals surface area contributed by atoms with E-state index in [1.165, 1.54) is 23.0 Å². The lowest BCUT2D eigenvalue weighted by Crippen LogP contribution is -2.21. The first kappa shape index (κ1) is 25.5. The number of ether oxygens (including phenoxy) is 1. The van der Waals surface area contributed by atoms with Gasteiger partial charge in [-0.2, -0.15) is 18.3 Å². The average molecular weight is 511 g/mol. The van der Waals surface area contributed by atoms with Crippen LogP contribution in [0, 0.1) is 0 Å². The fourth-order valence-electron chi connectivity index (χ4n) is 3.34. The molecule has 2 aromatic heterocycles. The third-order valence-corrected chi connectivity index (χ3v) is 5.26. The second-order valence-electron chi connectivity index (χ2n) is 9.24. The molecule has 192 valence electrons. The number of hydrogen-bond donors (Lipinski definition) is 3. The highest BCUT2D eigenvalue weighted by Gasteiger charge is 2.30. The standard InChI is InChI=1S/C26H25F3N6O2/c1-25(2,3)21-15-23(35(34-21)18-8-4-16(5-9-18)26(27,28)29)33-24(36)32-17-6-10-19(11-7-17)37-20-12-13-31-22(30)14-20/h4-15H,1-3H3,(H2,30,31)(H2,32,33,36). The molecule has 0 spiro atoms. The molecule has 0 bridgehead atoms. The van der Waals surface area contributed by atoms with E-state index in [2.05, 4.69) is 20.7 Å². The molecule has 0 aliphatic heterocycles. The zero-order chi connectivity index (χ0) is 26.8. The number of aromatic nitrogens is 3. The van der Waals surface area contributed by atoms with Gasteiger partial charge < -0.3 is 15.8 Å². The molecular weight excluding hydrogens is 485 g/mol. The first-order valence-corrected chi connectivity index (χ1v) is 11.2. The molecule has 2 amide bonds. The van der Waals surface area contributed by atoms with Gasteiger partial charge in [0.1, 0.15) is 23.1 Å². The second-order valence-corrected chi connectivity index (χ2v) is 9.24. The van der Waals surface area contributed by atoms with Gasteiger partial charge in [0.15, 0.2) is 0 Å². The molecule has 11 heteroatoms. The molecule has 0 fully saturated rings. The van der Waals surface area contributed by atoms with E-state index in [0.29, 0.717) is 40.2 Å². The van der Waals surface area contributed by atoms with Crippen molar-refractivity contribution in [2.45, 2.75) is 32.4 Å². The Balaban J connectivity index is 1.50. The van der Waals surface area contributed by atoms with E-state index in [-0.39, 0.29) is 5.41 Å². The molecule has 2 aromatic carbocycles. The van der Waals surface area contributed by atoms with Crippen molar-refractivity contribution in [1.29, 1.82) is 0 Å². The smallest absolute Gasteiger partial charge is 0.416 e. The molecule has 0 atom stereocenters. The van der Waals surface area contributed by atoms with Crippen LogP contribution in [0.2, 0.25) is 0 Å². The number of carbonyl (C=O) groups excluding carboxylic acids is 1. The van der Waals surface area contributed by atoms with Gasteiger partial charge in [0.25, 0.3) is 0 Å². The Hall–Kier alpha value is -4.54. The molecule has 0 radical (unpaired) electrons. The summed E-state index contributed by atoms with van der Waals surface area (Å²) < 4.78 is 46.1. The molecule has 4 rings (SSSR count). The summed E-state index contributed by atoms with van der Waals surface area (Å²) in [4.78, 5) is 16.7. The van der Waals surface area contributed by atoms with Gasteiger partial charge in [-0.05, 0) is 54.6 Å². The van der Waals surface area contributed by atoms with Gasteiger partial charge in [0.05, 0.1) is 16.9 Å². The number of nitrogens with one attached hydrogen (secondary N) is 2. The molecule has 0 saturated carbocycles. The number of amides is 2. The van der Waals surface area contributed by atoms with Crippen LogP contribution in [-0.4, -0.2) is 20.8 Å². The van der Waals surface area contributed by atoms with Gasteiger partial charge in [-0.3, -0.25) is 5.32 Å². The average Bonchev–Trinajstić information content (AvgIpc) is 3.24. The van der Waals surface area contributed by atoms with Crippen LogP contribution in [-0.2, 0) is 11.6 Å². The Morgan fingerprint density at radius 3 is 2.19 bits per heavy atom. The van der Waals surface area contributed by atoms with Crippen molar-refractivity contribution in [3.8, 4) is 17.2 Å². The Bertz CT molecular complexity index is 1390. The fraction of sp³-hybridized carbons (Fsp3) is 0.192. The van der Waals surface area contributed by atoms with Crippen LogP contribution in [0.1, 0.15) is 32.0 Å². The van der Waals surface area contributed by atoms with E-state index in [0.717, 1.165) is 12.1 Å². The number of alkyl halides is 3. The Morgan fingerprint density at radius 1 is 0.919 bits per heavy atom. The number of halogens is 3. The van der Waals surface area contributed by atoms with E-state index in [4.69, 9.17) is 10.5 Å². The SMILES string of the molecule is CC(C)(C)c1cc(NC(=O)Nc2ccc(Oc3ccnc(N)c3)cc2)n(-c2ccc(C(F)(F)F)cc2)n1. The summed E-state index contributed by atoms with van der Waals surface area (Å²) in [6, 6.07) is 15.6. The number of urea groups is 1. The van der Waals surface area contributed by atoms with Crippen molar-refractivity contribution in [1.82, 2.24) is 14.8 Å². The van der Waals surface area contributed by atoms with Crippen LogP contribution in [0.15, 0.2) is 72.9 Å². The lowest BCUT2D eigenvalue weighted by atomic mass is 9.92. The quantitative estimate of drug-likeness (QED) is 0.280. The molecule has 4 aromatic rings. The molecule has 37 heavy (non-hydrogen) atoms. The first-order chi connectivity index (χ1) is 17.4. The summed E-state index contributed by atoms with van der Waals surface area (Å²) >= 11 is 0. The normalized spacial score (nSPS) is 11.7. The van der Waals surface area contributed by atoms with Crippen LogP contribution in [0.3, 0.4) is 0 Å². The molecule has 0 aliphatic carbocycles. The molecule has 0 aliphatic rings. The summed E-state index contributed by atoms with van der Waals surface area (Å²) in [6.45, 7) is 5.83. The number of pyridine rings is 1. The maximum absolute atomic E-state index is 13.0. The summed E-state index contributed by atoms with van der Waals surface area (Å²) in [6.07, 6.45) is -2.92. The van der Waals surface area contributed by atoms with E-state index in [1.807, 2.05) is 20.8 Å². The predicted octanol–water partition coefficient (Wildman–Crippen LogP) is 6.60. The van der Waals surface area contributed by atoms with Gasteiger partial charge in [-0.1, -0.05) is 20.8 Å². The van der Waals surface area contributed by atoms with Crippen LogP contribution in [0.4, 0.5) is 35.3 Å². The predicted molar refractivity (Wildman–Crippen MR) is 135 cm³/mol. The number of carbonyl (C=O) groups is 1. The summed E-state index contributed by atoms with van der Waals surface area (Å²) in [5.74, 6) is 1.69. The highest BCUT2D eigenvalue weighted by atomic mass is 19.4. The Kier molecular flexibility index (Phi) is 6.80. The summed E-state index contributed by atoms with van der Waals surface area (Å²) in [7, 11) is 0. The number of hydrogen-bond acceptors (Lipinski definition) is 5. The van der Waals surface area contributed by atoms with Crippen molar-refractivity contribution in [3.05, 3.63) is 84.2 Å². The van der Waals surface area contributed by atoms with Crippen LogP contribution in [0.5, 0.6) is 11.5 Å². The van der Waals surface area contributed by atoms with E-state index in [1.54, 1.807) is 42.5 Å². The second kappa shape index (κ2) is 9.84. The van der Waals surface area contributed by atoms with Crippen molar-refractivity contribution >= 4 is 23.4 Å². The minimum Gasteiger partial charge on any atom is -0.457 e. The van der Waals surface area contributed by atoms with Crippen molar-refractivity contribution in [2.75, 3.05) is 16.4 Å². The third-order valence-electron chi connectivity index (χ3n) is 5.26. The Morgan fingerprint density at radius 2 is 1.59 bits per heavy atom. The minimum atomic E-state index is -4.45. The Labute approximate surface area is 211 Å². The van der Waals surface area contributed by atoms with E-state index in [9.17, 15) is 18.0 Å². The highest BCUT2D eigenvalue weighted by Crippen LogP contribution is 2.31. The van der Waals surface area contributed by atoms with E-state index < -0.39 is 17.8 Å². The molecule has 8 nitrogen and oxygen atoms in total. The zero-order valence-corrected chi connectivity index (χ0v) is 20.3. The largest absolute Gasteiger partial charge is 0.457 e. The first-order valence-electron chi connectivity index (χ1n) is 11.2. The van der Waals surface area contributed by atoms with Crippen LogP contribution in [0.25, 0.3) is 5.69 Å². The molecule has 4 N–H and O–H groups in total. The van der Waals surface area contributed by atoms with Crippen LogP contribution < -0.4 is 21.1 Å². The van der Waals surface area contributed by atoms with Crippen molar-refractivity contribution in [3.63, 3.8) is 0 Å². The van der Waals surface area contributed by atoms with Gasteiger partial charge in [0.2, 0.25) is 0 Å². The zero-order valence-electron chi connectivity index (χ0n) is 20.3. The van der Waals surface area contributed by atoms with Gasteiger partial charge in [0, 0.05) is 29.4 Å². The number of rotatable bonds is 5. The minimum absolute atomic E-state index is 0.303. The monoisotopic (exact) mass is 510 g/mol. The fourth-order valence-corrected chi connectivity index (χ4v) is 3.34. The number of nitrogens with zero attached hydrogens (tertiary/aromatic N) is 3. The molecular formula is C26H25F3N6O2. The number of benzene rings is 2. The highest BCUT2D eigenvalue weighted by molar-refractivity contribution is 5.99. The number of nitrogen functional groups attached to an aromatic ring is 1. The van der Waals surface area contributed by atoms with Crippen molar-refractivity contribution < 1.29 is 22.7 Å². The topological polar surface area (TPSA) is 107 Å². The summed E-state index contributed by atoms with van der Waals surface area (Å²) in [5.41, 5.74) is 6.04. The lowest BCUT2D eigenvalue weighted by Gasteiger charge is -2.14. The van der Waals surface area contributed by atoms with Gasteiger partial charge in [-0.15, -0.1) is 0 Å². The maximum atomic E-state index is 13.0. The maximum Gasteiger partial charge on any atom is 0.416 e. The molecule has 2 heterocycles. The molecule has 0 saturated heterocycles. The number of nitrogens with two attached hydrogens (primary N) is 1. The van der Waals surface area contributed by atoms with Gasteiger partial charge in [-0.25, -0.2) is 14.5 Å². The van der Waals surface area contributed by atoms with E-state index >= 15 is 0 Å². The van der Waals surface area contributed by atoms with Gasteiger partial charge >= 0.3 is 12.2 Å². The summed E-state index contributed by atoms with van der Waals surface area (Å²) in [5, 5.41) is 9.98. The molecule has 0 unspecified atom stereocenters.